The smallest absolute Gasteiger partial charge is 0.242 e. The van der Waals surface area contributed by atoms with E-state index < -0.39 is 5.54 Å². The Balaban J connectivity index is 1.82. The zero-order valence-corrected chi connectivity index (χ0v) is 11.8. The second-order valence-electron chi connectivity index (χ2n) is 5.85. The maximum Gasteiger partial charge on any atom is 0.242 e. The summed E-state index contributed by atoms with van der Waals surface area (Å²) in [5, 5.41) is 3.00. The highest BCUT2D eigenvalue weighted by Gasteiger charge is 2.40. The van der Waals surface area contributed by atoms with Crippen molar-refractivity contribution in [3.63, 3.8) is 0 Å². The number of piperidine rings is 1. The number of carbonyl (C=O) groups is 2. The first kappa shape index (κ1) is 14.3. The van der Waals surface area contributed by atoms with E-state index in [1.165, 1.54) is 0 Å². The molecule has 0 aromatic carbocycles. The van der Waals surface area contributed by atoms with Gasteiger partial charge in [-0.25, -0.2) is 0 Å². The van der Waals surface area contributed by atoms with E-state index in [1.807, 2.05) is 11.8 Å². The van der Waals surface area contributed by atoms with E-state index in [0.29, 0.717) is 19.5 Å². The fourth-order valence-electron chi connectivity index (χ4n) is 3.09. The van der Waals surface area contributed by atoms with E-state index in [9.17, 15) is 9.59 Å². The molecule has 5 nitrogen and oxygen atoms in total. The molecule has 0 atom stereocenters. The standard InChI is InChI=1S/C14H25N3O2/c1-2-12(18)16-11-5-9-17(10-6-11)13(19)14(15)7-3-4-8-14/h11H,2-10,15H2,1H3,(H,16,18). The molecule has 0 spiro atoms. The summed E-state index contributed by atoms with van der Waals surface area (Å²) in [5.41, 5.74) is 5.60. The van der Waals surface area contributed by atoms with Gasteiger partial charge in [0.05, 0.1) is 5.54 Å². The number of likely N-dealkylation sites (tertiary alicyclic amines) is 1. The number of nitrogens with zero attached hydrogens (tertiary/aromatic N) is 1. The van der Waals surface area contributed by atoms with Crippen molar-refractivity contribution in [3.8, 4) is 0 Å². The second kappa shape index (κ2) is 5.90. The minimum absolute atomic E-state index is 0.0934. The predicted octanol–water partition coefficient (Wildman–Crippen LogP) is 0.775. The van der Waals surface area contributed by atoms with Crippen molar-refractivity contribution in [2.24, 2.45) is 5.73 Å². The molecule has 2 rings (SSSR count). The number of carbonyl (C=O) groups excluding carboxylic acids is 2. The van der Waals surface area contributed by atoms with Gasteiger partial charge in [-0.05, 0) is 25.7 Å². The van der Waals surface area contributed by atoms with Gasteiger partial charge < -0.3 is 16.0 Å². The third kappa shape index (κ3) is 3.26. The monoisotopic (exact) mass is 267 g/mol. The SMILES string of the molecule is CCC(=O)NC1CCN(C(=O)C2(N)CCCC2)CC1. The van der Waals surface area contributed by atoms with Crippen LogP contribution in [0.2, 0.25) is 0 Å². The first-order valence-corrected chi connectivity index (χ1v) is 7.43. The molecular weight excluding hydrogens is 242 g/mol. The van der Waals surface area contributed by atoms with E-state index in [4.69, 9.17) is 5.73 Å². The van der Waals surface area contributed by atoms with E-state index in [-0.39, 0.29) is 17.9 Å². The fourth-order valence-corrected chi connectivity index (χ4v) is 3.09. The van der Waals surface area contributed by atoms with Crippen LogP contribution in [-0.2, 0) is 9.59 Å². The van der Waals surface area contributed by atoms with Crippen LogP contribution in [0, 0.1) is 0 Å². The lowest BCUT2D eigenvalue weighted by molar-refractivity contribution is -0.138. The number of amides is 2. The molecule has 0 aromatic heterocycles. The van der Waals surface area contributed by atoms with Crippen LogP contribution in [0.3, 0.4) is 0 Å². The Labute approximate surface area is 114 Å². The summed E-state index contributed by atoms with van der Waals surface area (Å²) >= 11 is 0. The van der Waals surface area contributed by atoms with Crippen molar-refractivity contribution in [2.45, 2.75) is 63.5 Å². The average Bonchev–Trinajstić information content (AvgIpc) is 2.87. The lowest BCUT2D eigenvalue weighted by atomic mass is 9.95. The van der Waals surface area contributed by atoms with Crippen LogP contribution >= 0.6 is 0 Å². The molecule has 1 aliphatic carbocycles. The first-order valence-electron chi connectivity index (χ1n) is 7.43. The van der Waals surface area contributed by atoms with Gasteiger partial charge in [0.15, 0.2) is 0 Å². The Morgan fingerprint density at radius 1 is 1.26 bits per heavy atom. The van der Waals surface area contributed by atoms with Crippen LogP contribution in [0.4, 0.5) is 0 Å². The van der Waals surface area contributed by atoms with Crippen molar-refractivity contribution in [1.29, 1.82) is 0 Å². The molecule has 0 radical (unpaired) electrons. The van der Waals surface area contributed by atoms with Crippen molar-refractivity contribution in [2.75, 3.05) is 13.1 Å². The van der Waals surface area contributed by atoms with E-state index in [1.54, 1.807) is 0 Å². The molecule has 2 amide bonds. The lowest BCUT2D eigenvalue weighted by Gasteiger charge is -2.37. The summed E-state index contributed by atoms with van der Waals surface area (Å²) in [6.45, 7) is 3.28. The molecule has 5 heteroatoms. The number of nitrogens with one attached hydrogen (secondary N) is 1. The van der Waals surface area contributed by atoms with Crippen molar-refractivity contribution in [1.82, 2.24) is 10.2 Å². The molecule has 1 saturated carbocycles. The molecule has 19 heavy (non-hydrogen) atoms. The molecule has 1 aliphatic heterocycles. The maximum absolute atomic E-state index is 12.4. The van der Waals surface area contributed by atoms with Crippen LogP contribution in [0.1, 0.15) is 51.9 Å². The van der Waals surface area contributed by atoms with E-state index in [2.05, 4.69) is 5.32 Å². The Hall–Kier alpha value is -1.10. The van der Waals surface area contributed by atoms with Gasteiger partial charge in [0.1, 0.15) is 0 Å². The lowest BCUT2D eigenvalue weighted by Crippen LogP contribution is -2.56. The normalized spacial score (nSPS) is 23.4. The summed E-state index contributed by atoms with van der Waals surface area (Å²) in [6.07, 6.45) is 5.96. The molecule has 0 unspecified atom stereocenters. The summed E-state index contributed by atoms with van der Waals surface area (Å²) in [7, 11) is 0. The van der Waals surface area contributed by atoms with Crippen LogP contribution in [0.5, 0.6) is 0 Å². The average molecular weight is 267 g/mol. The Morgan fingerprint density at radius 2 is 1.84 bits per heavy atom. The highest BCUT2D eigenvalue weighted by atomic mass is 16.2. The van der Waals surface area contributed by atoms with Crippen LogP contribution in [-0.4, -0.2) is 41.4 Å². The highest BCUT2D eigenvalue weighted by Crippen LogP contribution is 2.29. The molecule has 1 heterocycles. The number of hydrogen-bond acceptors (Lipinski definition) is 3. The molecule has 3 N–H and O–H groups in total. The van der Waals surface area contributed by atoms with Crippen LogP contribution in [0.15, 0.2) is 0 Å². The maximum atomic E-state index is 12.4. The quantitative estimate of drug-likeness (QED) is 0.793. The molecule has 108 valence electrons. The van der Waals surface area contributed by atoms with E-state index >= 15 is 0 Å². The van der Waals surface area contributed by atoms with Crippen LogP contribution < -0.4 is 11.1 Å². The van der Waals surface area contributed by atoms with Crippen molar-refractivity contribution in [3.05, 3.63) is 0 Å². The molecule has 2 aliphatic rings. The molecular formula is C14H25N3O2. The van der Waals surface area contributed by atoms with Gasteiger partial charge in [-0.3, -0.25) is 9.59 Å². The molecule has 2 fully saturated rings. The van der Waals surface area contributed by atoms with Gasteiger partial charge in [0.25, 0.3) is 0 Å². The number of nitrogens with two attached hydrogens (primary N) is 1. The second-order valence-corrected chi connectivity index (χ2v) is 5.85. The minimum Gasteiger partial charge on any atom is -0.353 e. The number of hydrogen-bond donors (Lipinski definition) is 2. The number of rotatable bonds is 3. The van der Waals surface area contributed by atoms with Gasteiger partial charge in [0, 0.05) is 25.6 Å². The molecule has 1 saturated heterocycles. The molecule has 0 bridgehead atoms. The predicted molar refractivity (Wildman–Crippen MR) is 73.4 cm³/mol. The summed E-state index contributed by atoms with van der Waals surface area (Å²) in [5.74, 6) is 0.209. The minimum atomic E-state index is -0.612. The molecule has 0 aromatic rings. The van der Waals surface area contributed by atoms with Gasteiger partial charge in [-0.15, -0.1) is 0 Å². The Bertz CT molecular complexity index is 343. The zero-order valence-electron chi connectivity index (χ0n) is 11.8. The van der Waals surface area contributed by atoms with Gasteiger partial charge in [-0.2, -0.15) is 0 Å². The van der Waals surface area contributed by atoms with Gasteiger partial charge >= 0.3 is 0 Å². The zero-order chi connectivity index (χ0) is 13.9. The first-order chi connectivity index (χ1) is 9.05. The summed E-state index contributed by atoms with van der Waals surface area (Å²) in [6, 6.07) is 0.216. The van der Waals surface area contributed by atoms with Gasteiger partial charge in [0.2, 0.25) is 11.8 Å². The van der Waals surface area contributed by atoms with Crippen molar-refractivity contribution < 1.29 is 9.59 Å². The van der Waals surface area contributed by atoms with E-state index in [0.717, 1.165) is 38.5 Å². The summed E-state index contributed by atoms with van der Waals surface area (Å²) in [4.78, 5) is 25.7. The largest absolute Gasteiger partial charge is 0.353 e. The van der Waals surface area contributed by atoms with Crippen molar-refractivity contribution >= 4 is 11.8 Å². The van der Waals surface area contributed by atoms with Gasteiger partial charge in [-0.1, -0.05) is 19.8 Å². The fraction of sp³-hybridized carbons (Fsp3) is 0.857. The highest BCUT2D eigenvalue weighted by molar-refractivity contribution is 5.86. The summed E-state index contributed by atoms with van der Waals surface area (Å²) < 4.78 is 0. The topological polar surface area (TPSA) is 75.4 Å². The Kier molecular flexibility index (Phi) is 4.45. The third-order valence-corrected chi connectivity index (χ3v) is 4.39. The van der Waals surface area contributed by atoms with Crippen LogP contribution in [0.25, 0.3) is 0 Å². The third-order valence-electron chi connectivity index (χ3n) is 4.39. The Morgan fingerprint density at radius 3 is 2.37 bits per heavy atom.